The largest absolute Gasteiger partial charge is 0.451 e. The van der Waals surface area contributed by atoms with E-state index in [1.165, 1.54) is 5.56 Å². The lowest BCUT2D eigenvalue weighted by Crippen LogP contribution is -2.20. The van der Waals surface area contributed by atoms with E-state index in [0.717, 1.165) is 30.1 Å². The molecule has 0 bridgehead atoms. The Balaban J connectivity index is 1.96. The van der Waals surface area contributed by atoms with E-state index < -0.39 is 11.0 Å². The third-order valence-corrected chi connectivity index (χ3v) is 4.66. The highest BCUT2D eigenvalue weighted by atomic mass is 32.2. The number of hydrogen-bond acceptors (Lipinski definition) is 3. The molecular weight excluding hydrogens is 286 g/mol. The van der Waals surface area contributed by atoms with Crippen LogP contribution in [-0.4, -0.2) is 21.0 Å². The molecule has 0 aromatic heterocycles. The molecule has 1 aliphatic heterocycles. The Morgan fingerprint density at radius 2 is 1.95 bits per heavy atom. The molecule has 2 atom stereocenters. The van der Waals surface area contributed by atoms with Crippen molar-refractivity contribution in [2.24, 2.45) is 4.40 Å². The SMILES string of the molecule is CC(CCc1ccc2c(c1)OC(C)O2)=NS(=O)C(C)(C)C. The van der Waals surface area contributed by atoms with Crippen LogP contribution in [-0.2, 0) is 17.4 Å². The maximum atomic E-state index is 12.0. The highest BCUT2D eigenvalue weighted by Crippen LogP contribution is 2.35. The van der Waals surface area contributed by atoms with Crippen molar-refractivity contribution in [2.45, 2.75) is 58.5 Å². The van der Waals surface area contributed by atoms with Crippen molar-refractivity contribution >= 4 is 16.7 Å². The van der Waals surface area contributed by atoms with Crippen LogP contribution >= 0.6 is 0 Å². The van der Waals surface area contributed by atoms with Gasteiger partial charge in [0, 0.05) is 12.6 Å². The summed E-state index contributed by atoms with van der Waals surface area (Å²) in [6.45, 7) is 9.59. The summed E-state index contributed by atoms with van der Waals surface area (Å²) in [5, 5.41) is 0. The van der Waals surface area contributed by atoms with E-state index >= 15 is 0 Å². The fraction of sp³-hybridized carbons (Fsp3) is 0.562. The Kier molecular flexibility index (Phi) is 4.71. The van der Waals surface area contributed by atoms with Gasteiger partial charge in [0.1, 0.15) is 11.0 Å². The number of rotatable bonds is 4. The molecule has 0 saturated heterocycles. The van der Waals surface area contributed by atoms with E-state index in [2.05, 4.69) is 4.40 Å². The molecule has 0 N–H and O–H groups in total. The van der Waals surface area contributed by atoms with Gasteiger partial charge in [0.25, 0.3) is 0 Å². The van der Waals surface area contributed by atoms with Crippen LogP contribution in [0.25, 0.3) is 0 Å². The van der Waals surface area contributed by atoms with Gasteiger partial charge in [-0.1, -0.05) is 6.07 Å². The molecule has 0 spiro atoms. The maximum Gasteiger partial charge on any atom is 0.238 e. The van der Waals surface area contributed by atoms with Crippen LogP contribution in [0.3, 0.4) is 0 Å². The third kappa shape index (κ3) is 4.30. The molecule has 4 nitrogen and oxygen atoms in total. The first kappa shape index (κ1) is 16.0. The van der Waals surface area contributed by atoms with Crippen LogP contribution in [0.15, 0.2) is 22.6 Å². The minimum atomic E-state index is -1.19. The van der Waals surface area contributed by atoms with Crippen LogP contribution in [0.5, 0.6) is 11.5 Å². The predicted molar refractivity (Wildman–Crippen MR) is 86.5 cm³/mol. The summed E-state index contributed by atoms with van der Waals surface area (Å²) in [6.07, 6.45) is 1.42. The highest BCUT2D eigenvalue weighted by Gasteiger charge is 2.20. The number of hydrogen-bond donors (Lipinski definition) is 0. The van der Waals surface area contributed by atoms with E-state index in [-0.39, 0.29) is 11.0 Å². The van der Waals surface area contributed by atoms with Crippen molar-refractivity contribution in [1.29, 1.82) is 0 Å². The van der Waals surface area contributed by atoms with Crippen LogP contribution in [0.4, 0.5) is 0 Å². The Morgan fingerprint density at radius 3 is 2.62 bits per heavy atom. The molecule has 1 aromatic rings. The number of nitrogens with zero attached hydrogens (tertiary/aromatic N) is 1. The molecular formula is C16H23NO3S. The molecule has 2 rings (SSSR count). The molecule has 0 saturated carbocycles. The monoisotopic (exact) mass is 309 g/mol. The van der Waals surface area contributed by atoms with Gasteiger partial charge in [0.15, 0.2) is 11.5 Å². The van der Waals surface area contributed by atoms with E-state index in [1.54, 1.807) is 0 Å². The second kappa shape index (κ2) is 6.18. The van der Waals surface area contributed by atoms with Gasteiger partial charge in [-0.2, -0.15) is 4.40 Å². The van der Waals surface area contributed by atoms with Gasteiger partial charge in [-0.3, -0.25) is 0 Å². The zero-order chi connectivity index (χ0) is 15.6. The fourth-order valence-electron chi connectivity index (χ4n) is 1.93. The molecule has 0 fully saturated rings. The van der Waals surface area contributed by atoms with E-state index in [0.29, 0.717) is 0 Å². The van der Waals surface area contributed by atoms with Gasteiger partial charge in [-0.05, 0) is 58.2 Å². The van der Waals surface area contributed by atoms with Gasteiger partial charge >= 0.3 is 0 Å². The zero-order valence-electron chi connectivity index (χ0n) is 13.3. The summed E-state index contributed by atoms with van der Waals surface area (Å²) in [7, 11) is -1.19. The number of fused-ring (bicyclic) bond motifs is 1. The van der Waals surface area contributed by atoms with Gasteiger partial charge in [0.2, 0.25) is 6.29 Å². The lowest BCUT2D eigenvalue weighted by molar-refractivity contribution is 0.0678. The maximum absolute atomic E-state index is 12.0. The van der Waals surface area contributed by atoms with Crippen molar-refractivity contribution in [1.82, 2.24) is 0 Å². The molecule has 21 heavy (non-hydrogen) atoms. The van der Waals surface area contributed by atoms with Crippen molar-refractivity contribution in [3.05, 3.63) is 23.8 Å². The number of ether oxygens (including phenoxy) is 2. The Bertz CT molecular complexity index is 575. The van der Waals surface area contributed by atoms with Gasteiger partial charge in [0.05, 0.1) is 4.75 Å². The first-order valence-corrected chi connectivity index (χ1v) is 8.29. The molecule has 1 heterocycles. The normalized spacial score (nSPS) is 19.7. The van der Waals surface area contributed by atoms with Crippen molar-refractivity contribution in [3.8, 4) is 11.5 Å². The average molecular weight is 309 g/mol. The first-order chi connectivity index (χ1) is 9.75. The van der Waals surface area contributed by atoms with Crippen molar-refractivity contribution < 1.29 is 13.7 Å². The standard InChI is InChI=1S/C16H23NO3S/c1-11(17-21(18)16(3,4)5)6-7-13-8-9-14-15(10-13)20-12(2)19-14/h8-10,12H,6-7H2,1-5H3. The fourth-order valence-corrected chi connectivity index (χ4v) is 2.58. The zero-order valence-corrected chi connectivity index (χ0v) is 14.1. The molecule has 116 valence electrons. The van der Waals surface area contributed by atoms with Crippen LogP contribution < -0.4 is 9.47 Å². The van der Waals surface area contributed by atoms with Crippen LogP contribution in [0, 0.1) is 0 Å². The Labute approximate surface area is 129 Å². The number of benzene rings is 1. The summed E-state index contributed by atoms with van der Waals surface area (Å²) in [6, 6.07) is 5.98. The summed E-state index contributed by atoms with van der Waals surface area (Å²) in [4.78, 5) is 0. The van der Waals surface area contributed by atoms with Crippen molar-refractivity contribution in [3.63, 3.8) is 0 Å². The van der Waals surface area contributed by atoms with E-state index in [1.807, 2.05) is 52.8 Å². The Hall–Kier alpha value is -1.36. The molecule has 0 aliphatic carbocycles. The summed E-state index contributed by atoms with van der Waals surface area (Å²) in [5.41, 5.74) is 2.08. The highest BCUT2D eigenvalue weighted by molar-refractivity contribution is 7.85. The lowest BCUT2D eigenvalue weighted by Gasteiger charge is -2.14. The van der Waals surface area contributed by atoms with Gasteiger partial charge in [-0.15, -0.1) is 0 Å². The number of aryl methyl sites for hydroxylation is 1. The smallest absolute Gasteiger partial charge is 0.238 e. The summed E-state index contributed by atoms with van der Waals surface area (Å²) in [5.74, 6) is 1.60. The molecule has 0 amide bonds. The quantitative estimate of drug-likeness (QED) is 0.797. The van der Waals surface area contributed by atoms with Crippen molar-refractivity contribution in [2.75, 3.05) is 0 Å². The molecule has 2 unspecified atom stereocenters. The van der Waals surface area contributed by atoms with E-state index in [4.69, 9.17) is 9.47 Å². The minimum absolute atomic E-state index is 0.215. The minimum Gasteiger partial charge on any atom is -0.451 e. The topological polar surface area (TPSA) is 47.9 Å². The lowest BCUT2D eigenvalue weighted by atomic mass is 10.1. The van der Waals surface area contributed by atoms with Gasteiger partial charge < -0.3 is 9.47 Å². The predicted octanol–water partition coefficient (Wildman–Crippen LogP) is 3.66. The third-order valence-electron chi connectivity index (χ3n) is 3.13. The average Bonchev–Trinajstić information content (AvgIpc) is 2.74. The van der Waals surface area contributed by atoms with Crippen LogP contribution in [0.1, 0.15) is 46.6 Å². The van der Waals surface area contributed by atoms with E-state index in [9.17, 15) is 4.21 Å². The molecule has 0 radical (unpaired) electrons. The molecule has 1 aromatic carbocycles. The molecule has 5 heteroatoms. The summed E-state index contributed by atoms with van der Waals surface area (Å²) < 4.78 is 27.0. The second-order valence-electron chi connectivity index (χ2n) is 6.27. The Morgan fingerprint density at radius 1 is 1.29 bits per heavy atom. The van der Waals surface area contributed by atoms with Crippen LogP contribution in [0.2, 0.25) is 0 Å². The second-order valence-corrected chi connectivity index (χ2v) is 8.18. The first-order valence-electron chi connectivity index (χ1n) is 7.18. The summed E-state index contributed by atoms with van der Waals surface area (Å²) >= 11 is 0. The molecule has 1 aliphatic rings. The van der Waals surface area contributed by atoms with Gasteiger partial charge in [-0.25, -0.2) is 4.21 Å².